The van der Waals surface area contributed by atoms with Gasteiger partial charge in [-0.05, 0) is 30.2 Å². The number of aryl methyl sites for hydroxylation is 1. The van der Waals surface area contributed by atoms with Crippen molar-refractivity contribution in [3.8, 4) is 0 Å². The third kappa shape index (κ3) is 5.20. The molecule has 0 saturated heterocycles. The first-order valence-corrected chi connectivity index (χ1v) is 11.6. The highest BCUT2D eigenvalue weighted by molar-refractivity contribution is 6.06. The molecule has 35 heavy (non-hydrogen) atoms. The number of rotatable bonds is 6. The number of esters is 1. The van der Waals surface area contributed by atoms with Crippen molar-refractivity contribution >= 4 is 28.6 Å². The monoisotopic (exact) mass is 466 g/mol. The van der Waals surface area contributed by atoms with Crippen LogP contribution in [0, 0.1) is 6.92 Å². The molecule has 0 unspecified atom stereocenters. The van der Waals surface area contributed by atoms with Gasteiger partial charge in [-0.1, -0.05) is 54.6 Å². The van der Waals surface area contributed by atoms with Crippen molar-refractivity contribution in [1.29, 1.82) is 0 Å². The molecular formula is C28H26N4O3. The molecule has 1 aliphatic rings. The van der Waals surface area contributed by atoms with Crippen molar-refractivity contribution < 1.29 is 14.3 Å². The second-order valence-electron chi connectivity index (χ2n) is 8.72. The summed E-state index contributed by atoms with van der Waals surface area (Å²) in [6.07, 6.45) is 2.41. The molecule has 1 aliphatic heterocycles. The SMILES string of the molecule is Cc1ccc(NC(=O)COC(=O)c2c3c(nc4ccccc24)CCN(Cc2ccccc2)C3)nc1. The highest BCUT2D eigenvalue weighted by Crippen LogP contribution is 2.29. The summed E-state index contributed by atoms with van der Waals surface area (Å²) < 4.78 is 5.49. The van der Waals surface area contributed by atoms with Crippen LogP contribution >= 0.6 is 0 Å². The third-order valence-electron chi connectivity index (χ3n) is 6.09. The summed E-state index contributed by atoms with van der Waals surface area (Å²) >= 11 is 0. The second-order valence-corrected chi connectivity index (χ2v) is 8.72. The number of fused-ring (bicyclic) bond motifs is 2. The quantitative estimate of drug-likeness (QED) is 0.427. The van der Waals surface area contributed by atoms with E-state index < -0.39 is 18.5 Å². The van der Waals surface area contributed by atoms with Gasteiger partial charge in [0.05, 0.1) is 11.1 Å². The van der Waals surface area contributed by atoms with Gasteiger partial charge in [0.2, 0.25) is 0 Å². The van der Waals surface area contributed by atoms with Crippen LogP contribution in [-0.2, 0) is 29.0 Å². The Balaban J connectivity index is 1.37. The van der Waals surface area contributed by atoms with Crippen LogP contribution < -0.4 is 5.32 Å². The molecular weight excluding hydrogens is 440 g/mol. The summed E-state index contributed by atoms with van der Waals surface area (Å²) in [5.41, 5.74) is 5.23. The van der Waals surface area contributed by atoms with Gasteiger partial charge in [0.15, 0.2) is 6.61 Å². The Labute approximate surface area is 203 Å². The standard InChI is InChI=1S/C28H26N4O3/c1-19-11-12-25(29-15-19)31-26(33)18-35-28(34)27-21-9-5-6-10-23(21)30-24-13-14-32(17-22(24)27)16-20-7-3-2-4-8-20/h2-12,15H,13-14,16-18H2,1H3,(H,29,31,33). The Hall–Kier alpha value is -4.10. The normalized spacial score (nSPS) is 13.3. The predicted molar refractivity (Wildman–Crippen MR) is 134 cm³/mol. The lowest BCUT2D eigenvalue weighted by molar-refractivity contribution is -0.119. The van der Waals surface area contributed by atoms with E-state index in [1.54, 1.807) is 12.3 Å². The molecule has 7 nitrogen and oxygen atoms in total. The zero-order chi connectivity index (χ0) is 24.2. The van der Waals surface area contributed by atoms with E-state index >= 15 is 0 Å². The maximum Gasteiger partial charge on any atom is 0.339 e. The fraction of sp³-hybridized carbons (Fsp3) is 0.214. The maximum atomic E-state index is 13.3. The number of aromatic nitrogens is 2. The van der Waals surface area contributed by atoms with Crippen LogP contribution in [0.1, 0.15) is 32.7 Å². The number of anilines is 1. The van der Waals surface area contributed by atoms with E-state index in [9.17, 15) is 9.59 Å². The Kier molecular flexibility index (Phi) is 6.50. The van der Waals surface area contributed by atoms with Gasteiger partial charge in [0.25, 0.3) is 5.91 Å². The summed E-state index contributed by atoms with van der Waals surface area (Å²) in [7, 11) is 0. The minimum atomic E-state index is -0.520. The van der Waals surface area contributed by atoms with Gasteiger partial charge in [-0.2, -0.15) is 0 Å². The van der Waals surface area contributed by atoms with Crippen molar-refractivity contribution in [3.05, 3.63) is 101 Å². The van der Waals surface area contributed by atoms with Crippen molar-refractivity contribution in [2.45, 2.75) is 26.4 Å². The van der Waals surface area contributed by atoms with Gasteiger partial charge >= 0.3 is 5.97 Å². The molecule has 3 heterocycles. The summed E-state index contributed by atoms with van der Waals surface area (Å²) in [6, 6.07) is 21.4. The van der Waals surface area contributed by atoms with E-state index in [1.165, 1.54) is 5.56 Å². The number of hydrogen-bond donors (Lipinski definition) is 1. The van der Waals surface area contributed by atoms with Crippen LogP contribution in [0.25, 0.3) is 10.9 Å². The topological polar surface area (TPSA) is 84.4 Å². The average Bonchev–Trinajstić information content (AvgIpc) is 2.88. The predicted octanol–water partition coefficient (Wildman–Crippen LogP) is 4.29. The van der Waals surface area contributed by atoms with Crippen LogP contribution in [0.3, 0.4) is 0 Å². The Bertz CT molecular complexity index is 1370. The molecule has 0 aliphatic carbocycles. The molecule has 0 atom stereocenters. The third-order valence-corrected chi connectivity index (χ3v) is 6.09. The van der Waals surface area contributed by atoms with Crippen molar-refractivity contribution in [2.75, 3.05) is 18.5 Å². The van der Waals surface area contributed by atoms with Crippen LogP contribution in [0.15, 0.2) is 72.9 Å². The molecule has 176 valence electrons. The smallest absolute Gasteiger partial charge is 0.339 e. The molecule has 0 radical (unpaired) electrons. The van der Waals surface area contributed by atoms with Crippen LogP contribution in [-0.4, -0.2) is 39.9 Å². The van der Waals surface area contributed by atoms with Gasteiger partial charge in [-0.15, -0.1) is 0 Å². The van der Waals surface area contributed by atoms with E-state index in [0.717, 1.165) is 47.2 Å². The summed E-state index contributed by atoms with van der Waals surface area (Å²) in [5, 5.41) is 3.40. The zero-order valence-corrected chi connectivity index (χ0v) is 19.5. The van der Waals surface area contributed by atoms with Gasteiger partial charge < -0.3 is 10.1 Å². The lowest BCUT2D eigenvalue weighted by Crippen LogP contribution is -2.32. The van der Waals surface area contributed by atoms with E-state index in [4.69, 9.17) is 9.72 Å². The number of hydrogen-bond acceptors (Lipinski definition) is 6. The first kappa shape index (κ1) is 22.7. The molecule has 0 bridgehead atoms. The first-order valence-electron chi connectivity index (χ1n) is 11.6. The highest BCUT2D eigenvalue weighted by Gasteiger charge is 2.27. The van der Waals surface area contributed by atoms with E-state index in [-0.39, 0.29) is 0 Å². The lowest BCUT2D eigenvalue weighted by atomic mass is 9.95. The van der Waals surface area contributed by atoms with Crippen LogP contribution in [0.5, 0.6) is 0 Å². The second kappa shape index (κ2) is 10.0. The van der Waals surface area contributed by atoms with Crippen molar-refractivity contribution in [2.24, 2.45) is 0 Å². The average molecular weight is 467 g/mol. The number of pyridine rings is 2. The molecule has 2 aromatic heterocycles. The van der Waals surface area contributed by atoms with Crippen molar-refractivity contribution in [1.82, 2.24) is 14.9 Å². The van der Waals surface area contributed by atoms with Gasteiger partial charge in [0.1, 0.15) is 5.82 Å². The highest BCUT2D eigenvalue weighted by atomic mass is 16.5. The van der Waals surface area contributed by atoms with Crippen molar-refractivity contribution in [3.63, 3.8) is 0 Å². The van der Waals surface area contributed by atoms with Gasteiger partial charge in [0, 0.05) is 48.9 Å². The Morgan fingerprint density at radius 3 is 2.63 bits per heavy atom. The maximum absolute atomic E-state index is 13.3. The first-order chi connectivity index (χ1) is 17.1. The molecule has 1 amide bonds. The fourth-order valence-corrected chi connectivity index (χ4v) is 4.38. The minimum Gasteiger partial charge on any atom is -0.452 e. The number of benzene rings is 2. The van der Waals surface area contributed by atoms with Gasteiger partial charge in [-0.25, -0.2) is 9.78 Å². The zero-order valence-electron chi connectivity index (χ0n) is 19.5. The van der Waals surface area contributed by atoms with E-state index in [2.05, 4.69) is 27.3 Å². The molecule has 1 N–H and O–H groups in total. The molecule has 0 fully saturated rings. The Morgan fingerprint density at radius 2 is 1.83 bits per heavy atom. The van der Waals surface area contributed by atoms with Gasteiger partial charge in [-0.3, -0.25) is 14.7 Å². The Morgan fingerprint density at radius 1 is 1.03 bits per heavy atom. The molecule has 5 rings (SSSR count). The molecule has 0 saturated carbocycles. The number of amides is 1. The summed E-state index contributed by atoms with van der Waals surface area (Å²) in [4.78, 5) is 37.0. The largest absolute Gasteiger partial charge is 0.452 e. The number of nitrogens with one attached hydrogen (secondary N) is 1. The summed E-state index contributed by atoms with van der Waals surface area (Å²) in [6.45, 7) is 3.75. The number of carbonyl (C=O) groups is 2. The fourth-order valence-electron chi connectivity index (χ4n) is 4.38. The summed E-state index contributed by atoms with van der Waals surface area (Å²) in [5.74, 6) is -0.541. The number of ether oxygens (including phenoxy) is 1. The van der Waals surface area contributed by atoms with E-state index in [0.29, 0.717) is 17.9 Å². The molecule has 4 aromatic rings. The molecule has 2 aromatic carbocycles. The number of carbonyl (C=O) groups excluding carboxylic acids is 2. The number of para-hydroxylation sites is 1. The van der Waals surface area contributed by atoms with Crippen LogP contribution in [0.4, 0.5) is 5.82 Å². The number of nitrogens with zero attached hydrogens (tertiary/aromatic N) is 3. The van der Waals surface area contributed by atoms with Crippen LogP contribution in [0.2, 0.25) is 0 Å². The minimum absolute atomic E-state index is 0.395. The molecule has 0 spiro atoms. The lowest BCUT2D eigenvalue weighted by Gasteiger charge is -2.30. The molecule has 7 heteroatoms. The van der Waals surface area contributed by atoms with E-state index in [1.807, 2.05) is 55.5 Å².